The Morgan fingerprint density at radius 2 is 0.902 bits per heavy atom. The first-order valence-electron chi connectivity index (χ1n) is 28.1. The summed E-state index contributed by atoms with van der Waals surface area (Å²) < 4.78 is 28.0. The zero-order valence-electron chi connectivity index (χ0n) is 48.7. The maximum atomic E-state index is 14.0. The van der Waals surface area contributed by atoms with Crippen molar-refractivity contribution in [3.8, 4) is 20.9 Å². The zero-order chi connectivity index (χ0) is 59.4. The van der Waals surface area contributed by atoms with E-state index in [1.54, 1.807) is 28.2 Å². The van der Waals surface area contributed by atoms with Crippen LogP contribution in [0.2, 0.25) is 0 Å². The normalized spacial score (nSPS) is 18.1. The van der Waals surface area contributed by atoms with Gasteiger partial charge in [-0.05, 0) is 66.2 Å². The number of aliphatic hydroxyl groups is 2. The van der Waals surface area contributed by atoms with Crippen molar-refractivity contribution in [3.05, 3.63) is 82.1 Å². The maximum absolute atomic E-state index is 14.0. The van der Waals surface area contributed by atoms with Crippen molar-refractivity contribution in [2.75, 3.05) is 79.2 Å². The molecule has 2 aromatic carbocycles. The van der Waals surface area contributed by atoms with E-state index < -0.39 is 70.8 Å². The third-order valence-corrected chi connectivity index (χ3v) is 16.0. The molecule has 21 nitrogen and oxygen atoms in total. The third-order valence-electron chi connectivity index (χ3n) is 14.1. The van der Waals surface area contributed by atoms with Crippen LogP contribution in [0.25, 0.3) is 20.9 Å². The van der Waals surface area contributed by atoms with E-state index in [4.69, 9.17) is 23.7 Å². The van der Waals surface area contributed by atoms with Crippen LogP contribution in [0.1, 0.15) is 96.2 Å². The van der Waals surface area contributed by atoms with Gasteiger partial charge in [-0.2, -0.15) is 0 Å². The maximum Gasteiger partial charge on any atom is 0.246 e. The fourth-order valence-corrected chi connectivity index (χ4v) is 11.2. The fourth-order valence-electron chi connectivity index (χ4n) is 9.54. The van der Waals surface area contributed by atoms with Crippen molar-refractivity contribution >= 4 is 58.1 Å². The van der Waals surface area contributed by atoms with Crippen molar-refractivity contribution in [1.82, 2.24) is 41.0 Å². The summed E-state index contributed by atoms with van der Waals surface area (Å²) in [5, 5.41) is 32.6. The number of aliphatic hydroxyl groups excluding tert-OH is 2. The number of nitrogens with zero attached hydrogens (tertiary/aromatic N) is 4. The highest BCUT2D eigenvalue weighted by molar-refractivity contribution is 7.13. The van der Waals surface area contributed by atoms with E-state index in [-0.39, 0.29) is 77.3 Å². The van der Waals surface area contributed by atoms with E-state index in [1.165, 1.54) is 9.80 Å². The molecule has 0 unspecified atom stereocenters. The predicted molar refractivity (Wildman–Crippen MR) is 311 cm³/mol. The van der Waals surface area contributed by atoms with Gasteiger partial charge in [0.05, 0.1) is 84.0 Å². The van der Waals surface area contributed by atoms with Crippen molar-refractivity contribution in [2.24, 2.45) is 10.8 Å². The molecule has 0 radical (unpaired) electrons. The van der Waals surface area contributed by atoms with E-state index >= 15 is 0 Å². The summed E-state index contributed by atoms with van der Waals surface area (Å²) in [5.41, 5.74) is 7.97. The van der Waals surface area contributed by atoms with Gasteiger partial charge in [-0.1, -0.05) is 90.1 Å². The predicted octanol–water partition coefficient (Wildman–Crippen LogP) is 4.72. The van der Waals surface area contributed by atoms with Crippen LogP contribution >= 0.6 is 22.7 Å². The molecule has 2 aromatic heterocycles. The van der Waals surface area contributed by atoms with Crippen molar-refractivity contribution in [3.63, 3.8) is 0 Å². The second-order valence-electron chi connectivity index (χ2n) is 22.9. The number of amides is 6. The first-order chi connectivity index (χ1) is 39.1. The summed E-state index contributed by atoms with van der Waals surface area (Å²) in [4.78, 5) is 94.3. The van der Waals surface area contributed by atoms with Gasteiger partial charge >= 0.3 is 0 Å². The summed E-state index contributed by atoms with van der Waals surface area (Å²) >= 11 is 3.13. The number of unbranched alkanes of at least 4 members (excludes halogenated alkanes) is 2. The molecule has 6 N–H and O–H groups in total. The molecule has 6 rings (SSSR count). The van der Waals surface area contributed by atoms with Crippen LogP contribution in [0.4, 0.5) is 0 Å². The largest absolute Gasteiger partial charge is 0.391 e. The molecule has 0 saturated carbocycles. The first kappa shape index (κ1) is 65.4. The van der Waals surface area contributed by atoms with Gasteiger partial charge in [0.25, 0.3) is 0 Å². The average molecular weight is 1180 g/mol. The standard InChI is InChI=1S/C59H84N8O13S2/c1-38-50(81-36-62-38)42-16-12-40(13-17-42)30-60-54(72)46-28-44(68)32-66(46)56(74)52(58(3,4)5)64-48(70)34-79-21-11-9-10-20-76-22-23-77-24-25-78-26-27-80-35-49(71)65-53(59(6,7)8)57(75)67-33-45(69)29-47(67)55(73)61-31-41-14-18-43(19-15-41)51-39(2)63-37-82-51/h12-19,36-37,44-47,52-53,68-69H,9-11,20-35H2,1-8H3,(H,60,72)(H,61,73)(H,64,70)(H,65,71)/t44-,45-,46+,47+,52-,53-/m1/s1. The van der Waals surface area contributed by atoms with Gasteiger partial charge < -0.3 is 65.0 Å². The number of ether oxygens (including phenoxy) is 5. The number of carbonyl (C=O) groups excluding carboxylic acids is 6. The van der Waals surface area contributed by atoms with Crippen molar-refractivity contribution in [2.45, 2.75) is 137 Å². The Morgan fingerprint density at radius 3 is 1.27 bits per heavy atom. The fraction of sp³-hybridized carbons (Fsp3) is 0.593. The van der Waals surface area contributed by atoms with Gasteiger partial charge in [0, 0.05) is 52.2 Å². The molecule has 0 bridgehead atoms. The lowest BCUT2D eigenvalue weighted by Gasteiger charge is -2.35. The quantitative estimate of drug-likeness (QED) is 0.0372. The zero-order valence-corrected chi connectivity index (χ0v) is 50.3. The molecule has 450 valence electrons. The molecular weight excluding hydrogens is 1090 g/mol. The van der Waals surface area contributed by atoms with Gasteiger partial charge in [-0.15, -0.1) is 22.7 Å². The average Bonchev–Trinajstić information content (AvgIpc) is 4.30. The van der Waals surface area contributed by atoms with Gasteiger partial charge in [0.2, 0.25) is 35.4 Å². The molecule has 6 atom stereocenters. The lowest BCUT2D eigenvalue weighted by molar-refractivity contribution is -0.144. The SMILES string of the molecule is Cc1ncsc1-c1ccc(CNC(=O)[C@@H]2C[C@@H](O)CN2C(=O)[C@@H](NC(=O)COCCCCCOCCOCCOCCOCC(=O)N[C@H](C(=O)N2C[C@H](O)C[C@H]2C(=O)NCc2ccc(-c3scnc3C)cc2)C(C)(C)C)C(C)(C)C)cc1. The number of benzene rings is 2. The molecular formula is C59H84N8O13S2. The van der Waals surface area contributed by atoms with Crippen LogP contribution in [0.3, 0.4) is 0 Å². The number of aryl methyl sites for hydroxylation is 2. The van der Waals surface area contributed by atoms with E-state index in [1.807, 2.05) is 109 Å². The lowest BCUT2D eigenvalue weighted by atomic mass is 9.85. The number of nitrogens with one attached hydrogen (secondary N) is 4. The number of carbonyl (C=O) groups is 6. The topological polar surface area (TPSA) is 269 Å². The summed E-state index contributed by atoms with van der Waals surface area (Å²) in [5.74, 6) is -2.61. The Labute approximate surface area is 489 Å². The Morgan fingerprint density at radius 1 is 0.549 bits per heavy atom. The molecule has 2 aliphatic heterocycles. The summed E-state index contributed by atoms with van der Waals surface area (Å²) in [6.45, 7) is 17.5. The number of aromatic nitrogens is 2. The van der Waals surface area contributed by atoms with Crippen LogP contribution < -0.4 is 21.3 Å². The number of hydrogen-bond donors (Lipinski definition) is 6. The Bertz CT molecular complexity index is 2510. The van der Waals surface area contributed by atoms with Crippen molar-refractivity contribution < 1.29 is 62.7 Å². The van der Waals surface area contributed by atoms with Gasteiger partial charge in [0.1, 0.15) is 37.4 Å². The second-order valence-corrected chi connectivity index (χ2v) is 24.6. The van der Waals surface area contributed by atoms with Crippen molar-refractivity contribution in [1.29, 1.82) is 0 Å². The number of rotatable bonds is 31. The van der Waals surface area contributed by atoms with Crippen LogP contribution in [0.5, 0.6) is 0 Å². The molecule has 2 saturated heterocycles. The molecule has 6 amide bonds. The molecule has 82 heavy (non-hydrogen) atoms. The first-order valence-corrected chi connectivity index (χ1v) is 29.8. The number of hydrogen-bond acceptors (Lipinski definition) is 17. The Kier molecular flexibility index (Phi) is 25.3. The van der Waals surface area contributed by atoms with E-state index in [2.05, 4.69) is 31.2 Å². The van der Waals surface area contributed by atoms with E-state index in [0.29, 0.717) is 46.1 Å². The van der Waals surface area contributed by atoms with Crippen LogP contribution in [-0.4, -0.2) is 181 Å². The smallest absolute Gasteiger partial charge is 0.246 e. The molecule has 0 aliphatic carbocycles. The van der Waals surface area contributed by atoms with Crippen LogP contribution in [0.15, 0.2) is 59.6 Å². The van der Waals surface area contributed by atoms with Gasteiger partial charge in [-0.3, -0.25) is 28.8 Å². The minimum absolute atomic E-state index is 0.0183. The summed E-state index contributed by atoms with van der Waals surface area (Å²) in [6, 6.07) is 12.0. The number of likely N-dealkylation sites (tertiary alicyclic amines) is 2. The van der Waals surface area contributed by atoms with Gasteiger partial charge in [-0.25, -0.2) is 9.97 Å². The lowest BCUT2D eigenvalue weighted by Crippen LogP contribution is -2.58. The Balaban J connectivity index is 0.763. The molecule has 2 aliphatic rings. The van der Waals surface area contributed by atoms with Gasteiger partial charge in [0.15, 0.2) is 0 Å². The van der Waals surface area contributed by atoms with Crippen LogP contribution in [-0.2, 0) is 65.5 Å². The minimum Gasteiger partial charge on any atom is -0.391 e. The molecule has 23 heteroatoms. The van der Waals surface area contributed by atoms with E-state index in [9.17, 15) is 39.0 Å². The monoisotopic (exact) mass is 1180 g/mol. The van der Waals surface area contributed by atoms with Crippen LogP contribution in [0, 0.1) is 24.7 Å². The molecule has 4 heterocycles. The summed E-state index contributed by atoms with van der Waals surface area (Å²) in [7, 11) is 0. The summed E-state index contributed by atoms with van der Waals surface area (Å²) in [6.07, 6.45) is 0.720. The Hall–Kier alpha value is -5.76. The minimum atomic E-state index is -0.981. The number of β-amino-alcohol motifs (C(OH)–C–C–N with tert-alkyl or cyclic N) is 2. The molecule has 0 spiro atoms. The number of thiazole rings is 2. The molecule has 2 fully saturated rings. The second kappa shape index (κ2) is 31.8. The highest BCUT2D eigenvalue weighted by Gasteiger charge is 2.46. The highest BCUT2D eigenvalue weighted by Crippen LogP contribution is 2.31. The highest BCUT2D eigenvalue weighted by atomic mass is 32.1. The third kappa shape index (κ3) is 20.0. The van der Waals surface area contributed by atoms with E-state index in [0.717, 1.165) is 56.2 Å². The molecule has 4 aromatic rings.